The van der Waals surface area contributed by atoms with Crippen molar-refractivity contribution >= 4 is 5.91 Å². The Kier molecular flexibility index (Phi) is 4.18. The topological polar surface area (TPSA) is 73.6 Å². The van der Waals surface area contributed by atoms with Gasteiger partial charge in [-0.05, 0) is 43.9 Å². The van der Waals surface area contributed by atoms with Gasteiger partial charge in [-0.3, -0.25) is 4.79 Å². The van der Waals surface area contributed by atoms with E-state index in [9.17, 15) is 4.79 Å². The molecule has 1 aromatic carbocycles. The van der Waals surface area contributed by atoms with E-state index in [1.165, 1.54) is 0 Å². The van der Waals surface area contributed by atoms with Crippen molar-refractivity contribution in [3.8, 4) is 11.5 Å². The summed E-state index contributed by atoms with van der Waals surface area (Å²) < 4.78 is 10.5. The Labute approximate surface area is 119 Å². The number of nitrogens with two attached hydrogens (primary N) is 1. The zero-order valence-electron chi connectivity index (χ0n) is 12.2. The molecule has 1 saturated carbocycles. The van der Waals surface area contributed by atoms with Crippen LogP contribution in [0.5, 0.6) is 11.5 Å². The summed E-state index contributed by atoms with van der Waals surface area (Å²) in [6, 6.07) is 5.49. The summed E-state index contributed by atoms with van der Waals surface area (Å²) in [6.45, 7) is 1.93. The first-order valence-corrected chi connectivity index (χ1v) is 6.82. The van der Waals surface area contributed by atoms with E-state index in [1.54, 1.807) is 14.2 Å². The standard InChI is InChI=1S/C15H22N2O3/c1-10(17-14(18)15(16)7-4-8-15)11-5-6-12(19-2)13(9-11)20-3/h5-6,9-10H,4,7-8,16H2,1-3H3,(H,17,18). The molecule has 20 heavy (non-hydrogen) atoms. The first kappa shape index (κ1) is 14.7. The normalized spacial score (nSPS) is 17.8. The minimum Gasteiger partial charge on any atom is -0.493 e. The van der Waals surface area contributed by atoms with Crippen LogP contribution in [0.3, 0.4) is 0 Å². The molecular weight excluding hydrogens is 256 g/mol. The second-order valence-corrected chi connectivity index (χ2v) is 5.32. The van der Waals surface area contributed by atoms with Crippen molar-refractivity contribution in [3.05, 3.63) is 23.8 Å². The Bertz CT molecular complexity index is 498. The van der Waals surface area contributed by atoms with Crippen LogP contribution < -0.4 is 20.5 Å². The third-order valence-corrected chi connectivity index (χ3v) is 3.95. The minimum atomic E-state index is -0.676. The molecule has 0 bridgehead atoms. The number of nitrogens with one attached hydrogen (secondary N) is 1. The van der Waals surface area contributed by atoms with Crippen LogP contribution in [0, 0.1) is 0 Å². The Balaban J connectivity index is 2.09. The van der Waals surface area contributed by atoms with Crippen molar-refractivity contribution in [2.45, 2.75) is 37.8 Å². The number of amides is 1. The molecule has 110 valence electrons. The van der Waals surface area contributed by atoms with Crippen molar-refractivity contribution in [2.75, 3.05) is 14.2 Å². The molecular formula is C15H22N2O3. The number of hydrogen-bond acceptors (Lipinski definition) is 4. The summed E-state index contributed by atoms with van der Waals surface area (Å²) in [6.07, 6.45) is 2.55. The van der Waals surface area contributed by atoms with Gasteiger partial charge < -0.3 is 20.5 Å². The highest BCUT2D eigenvalue weighted by Crippen LogP contribution is 2.32. The number of carbonyl (C=O) groups is 1. The zero-order valence-corrected chi connectivity index (χ0v) is 12.2. The molecule has 1 atom stereocenters. The lowest BCUT2D eigenvalue weighted by Crippen LogP contribution is -2.58. The molecule has 1 amide bonds. The summed E-state index contributed by atoms with van der Waals surface area (Å²) in [5, 5.41) is 2.97. The first-order valence-electron chi connectivity index (χ1n) is 6.82. The Morgan fingerprint density at radius 1 is 1.30 bits per heavy atom. The highest BCUT2D eigenvalue weighted by Gasteiger charge is 2.40. The third-order valence-electron chi connectivity index (χ3n) is 3.95. The second-order valence-electron chi connectivity index (χ2n) is 5.32. The van der Waals surface area contributed by atoms with Crippen LogP contribution >= 0.6 is 0 Å². The molecule has 5 nitrogen and oxygen atoms in total. The quantitative estimate of drug-likeness (QED) is 0.860. The van der Waals surface area contributed by atoms with Gasteiger partial charge in [0.15, 0.2) is 11.5 Å². The van der Waals surface area contributed by atoms with Gasteiger partial charge >= 0.3 is 0 Å². The van der Waals surface area contributed by atoms with E-state index >= 15 is 0 Å². The van der Waals surface area contributed by atoms with Crippen molar-refractivity contribution in [3.63, 3.8) is 0 Å². The first-order chi connectivity index (χ1) is 9.50. The summed E-state index contributed by atoms with van der Waals surface area (Å²) in [7, 11) is 3.19. The smallest absolute Gasteiger partial charge is 0.240 e. The van der Waals surface area contributed by atoms with Gasteiger partial charge in [0, 0.05) is 0 Å². The molecule has 0 radical (unpaired) electrons. The second kappa shape index (κ2) is 5.71. The maximum absolute atomic E-state index is 12.1. The lowest BCUT2D eigenvalue weighted by Gasteiger charge is -2.37. The number of ether oxygens (including phenoxy) is 2. The molecule has 1 unspecified atom stereocenters. The number of rotatable bonds is 5. The Morgan fingerprint density at radius 2 is 1.95 bits per heavy atom. The molecule has 0 aliphatic heterocycles. The molecule has 1 aliphatic carbocycles. The lowest BCUT2D eigenvalue weighted by atomic mass is 9.77. The SMILES string of the molecule is COc1ccc(C(C)NC(=O)C2(N)CCC2)cc1OC. The van der Waals surface area contributed by atoms with Gasteiger partial charge in [-0.1, -0.05) is 6.07 Å². The van der Waals surface area contributed by atoms with Crippen molar-refractivity contribution in [1.29, 1.82) is 0 Å². The van der Waals surface area contributed by atoms with Crippen LogP contribution in [0.1, 0.15) is 37.8 Å². The molecule has 1 aromatic rings. The maximum atomic E-state index is 12.1. The Hall–Kier alpha value is -1.75. The number of benzene rings is 1. The van der Waals surface area contributed by atoms with Gasteiger partial charge in [0.1, 0.15) is 0 Å². The van der Waals surface area contributed by atoms with Crippen molar-refractivity contribution < 1.29 is 14.3 Å². The van der Waals surface area contributed by atoms with Crippen LogP contribution in [0.2, 0.25) is 0 Å². The summed E-state index contributed by atoms with van der Waals surface area (Å²) in [4.78, 5) is 12.1. The molecule has 3 N–H and O–H groups in total. The monoisotopic (exact) mass is 278 g/mol. The van der Waals surface area contributed by atoms with Gasteiger partial charge in [-0.15, -0.1) is 0 Å². The van der Waals surface area contributed by atoms with E-state index in [1.807, 2.05) is 25.1 Å². The predicted molar refractivity (Wildman–Crippen MR) is 76.9 cm³/mol. The lowest BCUT2D eigenvalue weighted by molar-refractivity contribution is -0.129. The molecule has 1 fully saturated rings. The van der Waals surface area contributed by atoms with Gasteiger partial charge in [0.25, 0.3) is 0 Å². The van der Waals surface area contributed by atoms with Crippen LogP contribution in [-0.2, 0) is 4.79 Å². The average Bonchev–Trinajstić information content (AvgIpc) is 2.43. The Morgan fingerprint density at radius 3 is 2.45 bits per heavy atom. The fraction of sp³-hybridized carbons (Fsp3) is 0.533. The highest BCUT2D eigenvalue weighted by molar-refractivity contribution is 5.87. The molecule has 0 aromatic heterocycles. The fourth-order valence-corrected chi connectivity index (χ4v) is 2.33. The van der Waals surface area contributed by atoms with E-state index < -0.39 is 5.54 Å². The number of carbonyl (C=O) groups excluding carboxylic acids is 1. The summed E-state index contributed by atoms with van der Waals surface area (Å²) in [5.41, 5.74) is 6.30. The van der Waals surface area contributed by atoms with Crippen LogP contribution in [0.15, 0.2) is 18.2 Å². The van der Waals surface area contributed by atoms with E-state index in [0.717, 1.165) is 24.8 Å². The molecule has 0 spiro atoms. The van der Waals surface area contributed by atoms with E-state index in [4.69, 9.17) is 15.2 Å². The minimum absolute atomic E-state index is 0.0777. The van der Waals surface area contributed by atoms with Gasteiger partial charge in [0.2, 0.25) is 5.91 Å². The van der Waals surface area contributed by atoms with Gasteiger partial charge in [0.05, 0.1) is 25.8 Å². The zero-order chi connectivity index (χ0) is 14.8. The molecule has 0 saturated heterocycles. The van der Waals surface area contributed by atoms with Crippen LogP contribution in [0.4, 0.5) is 0 Å². The van der Waals surface area contributed by atoms with Crippen molar-refractivity contribution in [2.24, 2.45) is 5.73 Å². The number of methoxy groups -OCH3 is 2. The number of hydrogen-bond donors (Lipinski definition) is 2. The molecule has 5 heteroatoms. The largest absolute Gasteiger partial charge is 0.493 e. The predicted octanol–water partition coefficient (Wildman–Crippen LogP) is 1.76. The molecule has 1 aliphatic rings. The molecule has 0 heterocycles. The fourth-order valence-electron chi connectivity index (χ4n) is 2.33. The van der Waals surface area contributed by atoms with Crippen LogP contribution in [0.25, 0.3) is 0 Å². The van der Waals surface area contributed by atoms with Gasteiger partial charge in [-0.25, -0.2) is 0 Å². The van der Waals surface area contributed by atoms with Crippen LogP contribution in [-0.4, -0.2) is 25.7 Å². The maximum Gasteiger partial charge on any atom is 0.240 e. The highest BCUT2D eigenvalue weighted by atomic mass is 16.5. The van der Waals surface area contributed by atoms with Crippen molar-refractivity contribution in [1.82, 2.24) is 5.32 Å². The van der Waals surface area contributed by atoms with E-state index in [-0.39, 0.29) is 11.9 Å². The molecule has 2 rings (SSSR count). The summed E-state index contributed by atoms with van der Waals surface area (Å²) in [5.74, 6) is 1.24. The van der Waals surface area contributed by atoms with E-state index in [2.05, 4.69) is 5.32 Å². The van der Waals surface area contributed by atoms with Gasteiger partial charge in [-0.2, -0.15) is 0 Å². The van der Waals surface area contributed by atoms with E-state index in [0.29, 0.717) is 11.5 Å². The average molecular weight is 278 g/mol. The third kappa shape index (κ3) is 2.72. The summed E-state index contributed by atoms with van der Waals surface area (Å²) >= 11 is 0.